The molecule has 3 heterocycles. The van der Waals surface area contributed by atoms with Crippen molar-refractivity contribution in [2.75, 3.05) is 0 Å². The van der Waals surface area contributed by atoms with Gasteiger partial charge in [0.25, 0.3) is 5.91 Å². The highest BCUT2D eigenvalue weighted by Gasteiger charge is 2.14. The molecule has 0 saturated carbocycles. The molecule has 0 fully saturated rings. The van der Waals surface area contributed by atoms with E-state index in [0.29, 0.717) is 23.3 Å². The van der Waals surface area contributed by atoms with E-state index >= 15 is 0 Å². The van der Waals surface area contributed by atoms with Crippen LogP contribution in [0.15, 0.2) is 42.3 Å². The van der Waals surface area contributed by atoms with Crippen molar-refractivity contribution in [3.63, 3.8) is 0 Å². The van der Waals surface area contributed by atoms with Crippen LogP contribution in [0.2, 0.25) is 0 Å². The molecule has 4 aromatic rings. The normalized spacial score (nSPS) is 11.2. The third-order valence-electron chi connectivity index (χ3n) is 3.72. The summed E-state index contributed by atoms with van der Waals surface area (Å²) in [7, 11) is 1.86. The Morgan fingerprint density at radius 3 is 3.09 bits per heavy atom. The van der Waals surface area contributed by atoms with Crippen molar-refractivity contribution >= 4 is 38.6 Å². The Balaban J connectivity index is 1.61. The second-order valence-corrected chi connectivity index (χ2v) is 6.04. The van der Waals surface area contributed by atoms with Crippen LogP contribution in [0.25, 0.3) is 21.4 Å². The molecule has 3 aromatic heterocycles. The maximum absolute atomic E-state index is 12.5. The number of nitrogens with one attached hydrogen (secondary N) is 1. The summed E-state index contributed by atoms with van der Waals surface area (Å²) in [5, 5.41) is 2.96. The number of pyridine rings is 1. The molecule has 0 bridgehead atoms. The Morgan fingerprint density at radius 1 is 1.26 bits per heavy atom. The van der Waals surface area contributed by atoms with E-state index < -0.39 is 0 Å². The zero-order valence-corrected chi connectivity index (χ0v) is 13.2. The molecule has 0 saturated heterocycles. The number of hydrogen-bond acceptors (Lipinski definition) is 5. The number of aryl methyl sites for hydroxylation is 1. The molecule has 6 nitrogen and oxygen atoms in total. The first kappa shape index (κ1) is 13.8. The lowest BCUT2D eigenvalue weighted by Crippen LogP contribution is -2.23. The minimum atomic E-state index is -0.155. The zero-order chi connectivity index (χ0) is 15.8. The van der Waals surface area contributed by atoms with Crippen molar-refractivity contribution in [1.29, 1.82) is 0 Å². The van der Waals surface area contributed by atoms with Gasteiger partial charge in [-0.05, 0) is 17.7 Å². The number of carbonyl (C=O) groups excluding carboxylic acids is 1. The van der Waals surface area contributed by atoms with Crippen molar-refractivity contribution in [3.8, 4) is 0 Å². The molecule has 0 unspecified atom stereocenters. The van der Waals surface area contributed by atoms with E-state index in [-0.39, 0.29) is 5.91 Å². The van der Waals surface area contributed by atoms with Gasteiger partial charge in [0.15, 0.2) is 5.65 Å². The number of carbonyl (C=O) groups is 1. The first-order chi connectivity index (χ1) is 11.2. The molecule has 0 radical (unpaired) electrons. The van der Waals surface area contributed by atoms with Gasteiger partial charge >= 0.3 is 0 Å². The van der Waals surface area contributed by atoms with Crippen LogP contribution in [0, 0.1) is 0 Å². The average molecular weight is 323 g/mol. The standard InChI is InChI=1S/C16H13N5OS/c1-21-8-19-13-11(5-6-17-15(13)21)16(22)18-7-10-3-2-4-12-14(10)23-9-20-12/h2-6,8-9H,7H2,1H3,(H,18,22). The summed E-state index contributed by atoms with van der Waals surface area (Å²) in [5.41, 5.74) is 5.68. The number of amides is 1. The fourth-order valence-electron chi connectivity index (χ4n) is 2.57. The van der Waals surface area contributed by atoms with Crippen molar-refractivity contribution < 1.29 is 4.79 Å². The third-order valence-corrected chi connectivity index (χ3v) is 4.64. The fraction of sp³-hybridized carbons (Fsp3) is 0.125. The van der Waals surface area contributed by atoms with Crippen LogP contribution in [0.4, 0.5) is 0 Å². The molecule has 1 N–H and O–H groups in total. The first-order valence-electron chi connectivity index (χ1n) is 7.09. The number of rotatable bonds is 3. The molecule has 1 aromatic carbocycles. The molecule has 0 aliphatic carbocycles. The molecule has 114 valence electrons. The van der Waals surface area contributed by atoms with Gasteiger partial charge in [-0.15, -0.1) is 11.3 Å². The number of thiazole rings is 1. The lowest BCUT2D eigenvalue weighted by atomic mass is 10.2. The molecule has 7 heteroatoms. The van der Waals surface area contributed by atoms with E-state index in [1.807, 2.05) is 30.8 Å². The highest BCUT2D eigenvalue weighted by molar-refractivity contribution is 7.16. The van der Waals surface area contributed by atoms with Crippen LogP contribution >= 0.6 is 11.3 Å². The molecule has 1 amide bonds. The number of imidazole rings is 1. The number of fused-ring (bicyclic) bond motifs is 2. The summed E-state index contributed by atoms with van der Waals surface area (Å²) >= 11 is 1.58. The molecular formula is C16H13N5OS. The summed E-state index contributed by atoms with van der Waals surface area (Å²) in [6.45, 7) is 0.453. The zero-order valence-electron chi connectivity index (χ0n) is 12.4. The van der Waals surface area contributed by atoms with Crippen molar-refractivity contribution in [1.82, 2.24) is 24.8 Å². The molecule has 23 heavy (non-hydrogen) atoms. The second kappa shape index (κ2) is 5.44. The second-order valence-electron chi connectivity index (χ2n) is 5.19. The lowest BCUT2D eigenvalue weighted by Gasteiger charge is -2.06. The van der Waals surface area contributed by atoms with Gasteiger partial charge in [-0.3, -0.25) is 4.79 Å². The largest absolute Gasteiger partial charge is 0.348 e. The summed E-state index contributed by atoms with van der Waals surface area (Å²) in [6, 6.07) is 7.62. The van der Waals surface area contributed by atoms with Gasteiger partial charge in [-0.2, -0.15) is 0 Å². The van der Waals surface area contributed by atoms with E-state index in [2.05, 4.69) is 20.3 Å². The topological polar surface area (TPSA) is 72.7 Å². The van der Waals surface area contributed by atoms with Gasteiger partial charge in [0.1, 0.15) is 5.52 Å². The van der Waals surface area contributed by atoms with Crippen molar-refractivity contribution in [2.24, 2.45) is 7.05 Å². The summed E-state index contributed by atoms with van der Waals surface area (Å²) < 4.78 is 2.90. The maximum Gasteiger partial charge on any atom is 0.253 e. The molecule has 0 spiro atoms. The third kappa shape index (κ3) is 2.35. The van der Waals surface area contributed by atoms with Crippen LogP contribution in [-0.2, 0) is 13.6 Å². The average Bonchev–Trinajstić information content (AvgIpc) is 3.19. The Morgan fingerprint density at radius 2 is 2.17 bits per heavy atom. The van der Waals surface area contributed by atoms with Crippen LogP contribution in [0.1, 0.15) is 15.9 Å². The Hall–Kier alpha value is -2.80. The number of aromatic nitrogens is 4. The lowest BCUT2D eigenvalue weighted by molar-refractivity contribution is 0.0952. The van der Waals surface area contributed by atoms with Gasteiger partial charge in [0.2, 0.25) is 0 Å². The molecule has 0 atom stereocenters. The van der Waals surface area contributed by atoms with E-state index in [1.165, 1.54) is 0 Å². The Bertz CT molecular complexity index is 1020. The smallest absolute Gasteiger partial charge is 0.253 e. The van der Waals surface area contributed by atoms with Gasteiger partial charge in [-0.25, -0.2) is 15.0 Å². The number of nitrogens with zero attached hydrogens (tertiary/aromatic N) is 4. The first-order valence-corrected chi connectivity index (χ1v) is 7.97. The fourth-order valence-corrected chi connectivity index (χ4v) is 3.37. The van der Waals surface area contributed by atoms with Crippen LogP contribution in [-0.4, -0.2) is 25.4 Å². The predicted octanol–water partition coefficient (Wildman–Crippen LogP) is 2.51. The SMILES string of the molecule is Cn1cnc2c(C(=O)NCc3cccc4ncsc34)ccnc21. The highest BCUT2D eigenvalue weighted by atomic mass is 32.1. The van der Waals surface area contributed by atoms with Crippen LogP contribution in [0.5, 0.6) is 0 Å². The Labute approximate surface area is 135 Å². The van der Waals surface area contributed by atoms with Gasteiger partial charge in [-0.1, -0.05) is 12.1 Å². The molecular weight excluding hydrogens is 310 g/mol. The number of hydrogen-bond donors (Lipinski definition) is 1. The predicted molar refractivity (Wildman–Crippen MR) is 89.3 cm³/mol. The minimum absolute atomic E-state index is 0.155. The van der Waals surface area contributed by atoms with E-state index in [1.54, 1.807) is 34.5 Å². The summed E-state index contributed by atoms with van der Waals surface area (Å²) in [6.07, 6.45) is 3.29. The molecule has 0 aliphatic heterocycles. The Kier molecular flexibility index (Phi) is 3.27. The van der Waals surface area contributed by atoms with E-state index in [9.17, 15) is 4.79 Å². The minimum Gasteiger partial charge on any atom is -0.348 e. The monoisotopic (exact) mass is 323 g/mol. The maximum atomic E-state index is 12.5. The van der Waals surface area contributed by atoms with Gasteiger partial charge in [0.05, 0.1) is 27.6 Å². The highest BCUT2D eigenvalue weighted by Crippen LogP contribution is 2.22. The van der Waals surface area contributed by atoms with Gasteiger partial charge < -0.3 is 9.88 Å². The van der Waals surface area contributed by atoms with Gasteiger partial charge in [0, 0.05) is 19.8 Å². The van der Waals surface area contributed by atoms with E-state index in [4.69, 9.17) is 0 Å². The molecule has 4 rings (SSSR count). The summed E-state index contributed by atoms with van der Waals surface area (Å²) in [4.78, 5) is 25.3. The van der Waals surface area contributed by atoms with Crippen LogP contribution in [0.3, 0.4) is 0 Å². The quantitative estimate of drug-likeness (QED) is 0.629. The van der Waals surface area contributed by atoms with Crippen molar-refractivity contribution in [3.05, 3.63) is 53.4 Å². The summed E-state index contributed by atoms with van der Waals surface area (Å²) in [5.74, 6) is -0.155. The molecule has 0 aliphatic rings. The van der Waals surface area contributed by atoms with E-state index in [0.717, 1.165) is 15.8 Å². The number of benzene rings is 1. The van der Waals surface area contributed by atoms with Crippen molar-refractivity contribution in [2.45, 2.75) is 6.54 Å². The van der Waals surface area contributed by atoms with Crippen LogP contribution < -0.4 is 5.32 Å².